The number of hydrogen-bond donors (Lipinski definition) is 2. The Balaban J connectivity index is 1.52. The van der Waals surface area contributed by atoms with Gasteiger partial charge < -0.3 is 20.1 Å². The van der Waals surface area contributed by atoms with Crippen molar-refractivity contribution >= 4 is 21.8 Å². The quantitative estimate of drug-likeness (QED) is 0.546. The second kappa shape index (κ2) is 7.75. The zero-order valence-corrected chi connectivity index (χ0v) is 19.3. The molecule has 7 rings (SSSR count). The summed E-state index contributed by atoms with van der Waals surface area (Å²) in [5, 5.41) is 16.0. The molecule has 0 spiro atoms. The monoisotopic (exact) mass is 515 g/mol. The van der Waals surface area contributed by atoms with Crippen LogP contribution in [0.3, 0.4) is 0 Å². The van der Waals surface area contributed by atoms with Gasteiger partial charge in [0.2, 0.25) is 0 Å². The fraction of sp³-hybridized carbons (Fsp3) is 0.435. The molecule has 1 aliphatic carbocycles. The van der Waals surface area contributed by atoms with Crippen LogP contribution in [0.5, 0.6) is 0 Å². The van der Waals surface area contributed by atoms with Gasteiger partial charge >= 0.3 is 0 Å². The second-order valence-electron chi connectivity index (χ2n) is 9.00. The van der Waals surface area contributed by atoms with E-state index in [4.69, 9.17) is 10.5 Å². The maximum atomic E-state index is 14.3. The van der Waals surface area contributed by atoms with E-state index in [9.17, 15) is 14.3 Å². The van der Waals surface area contributed by atoms with Crippen LogP contribution >= 0.6 is 15.9 Å². The number of aromatic nitrogens is 4. The number of ether oxygens (including phenoxy) is 1. The Morgan fingerprint density at radius 1 is 1.33 bits per heavy atom. The molecule has 2 fully saturated rings. The lowest BCUT2D eigenvalue weighted by molar-refractivity contribution is -0.0438. The lowest BCUT2D eigenvalue weighted by atomic mass is 9.75. The van der Waals surface area contributed by atoms with Crippen LogP contribution in [0.4, 0.5) is 4.39 Å². The van der Waals surface area contributed by atoms with Gasteiger partial charge in [0.05, 0.1) is 15.9 Å². The van der Waals surface area contributed by atoms with Crippen LogP contribution in [-0.4, -0.2) is 37.0 Å². The van der Waals surface area contributed by atoms with Crippen LogP contribution < -0.4 is 5.73 Å². The van der Waals surface area contributed by atoms with Gasteiger partial charge in [-0.3, -0.25) is 4.79 Å². The van der Waals surface area contributed by atoms with Crippen molar-refractivity contribution in [2.75, 3.05) is 6.61 Å². The number of carbonyl (C=O) groups excluding carboxylic acids is 1. The first-order chi connectivity index (χ1) is 15.9. The van der Waals surface area contributed by atoms with Gasteiger partial charge in [0, 0.05) is 24.4 Å². The van der Waals surface area contributed by atoms with Crippen molar-refractivity contribution in [1.82, 2.24) is 19.3 Å². The summed E-state index contributed by atoms with van der Waals surface area (Å²) in [6, 6.07) is 5.01. The average Bonchev–Trinajstić information content (AvgIpc) is 3.36. The van der Waals surface area contributed by atoms with E-state index in [1.807, 2.05) is 4.57 Å². The molecule has 5 heterocycles. The molecule has 172 valence electrons. The number of primary amides is 1. The molecule has 3 aromatic rings. The molecular formula is C23H23BrFN5O3. The van der Waals surface area contributed by atoms with Crippen molar-refractivity contribution < 1.29 is 19.0 Å². The number of hydrogen-bond acceptors (Lipinski definition) is 5. The highest BCUT2D eigenvalue weighted by molar-refractivity contribution is 9.10. The number of nitrogens with zero attached hydrogens (tertiary/aromatic N) is 4. The SMILES string of the molecule is NC(=O)c1nc2n(c1C(O)c1ccnn1C1CCCCO1)C1CC(C1)c1cc(F)c(Br)cc1-2. The Morgan fingerprint density at radius 2 is 2.15 bits per heavy atom. The summed E-state index contributed by atoms with van der Waals surface area (Å²) >= 11 is 3.27. The highest BCUT2D eigenvalue weighted by Gasteiger charge is 2.43. The Kier molecular flexibility index (Phi) is 4.93. The van der Waals surface area contributed by atoms with Crippen LogP contribution in [-0.2, 0) is 4.74 Å². The maximum Gasteiger partial charge on any atom is 0.269 e. The maximum absolute atomic E-state index is 14.3. The highest BCUT2D eigenvalue weighted by atomic mass is 79.9. The van der Waals surface area contributed by atoms with E-state index in [1.54, 1.807) is 29.1 Å². The van der Waals surface area contributed by atoms with E-state index in [0.29, 0.717) is 28.3 Å². The number of imidazole rings is 1. The topological polar surface area (TPSA) is 108 Å². The third kappa shape index (κ3) is 3.18. The summed E-state index contributed by atoms with van der Waals surface area (Å²) in [4.78, 5) is 17.1. The number of halogens is 2. The molecule has 2 aromatic heterocycles. The standard InChI is InChI=1S/C23H23BrFN5O3/c24-15-9-14-13(10-16(15)25)11-7-12(8-11)29-20(19(22(26)32)28-23(14)29)21(31)17-4-5-27-30(17)18-3-1-2-6-33-18/h4-5,9-12,18,21,31H,1-3,6-8H2,(H2,26,32). The molecule has 2 bridgehead atoms. The fourth-order valence-electron chi connectivity index (χ4n) is 5.43. The molecule has 1 aromatic carbocycles. The van der Waals surface area contributed by atoms with Crippen LogP contribution in [0, 0.1) is 5.82 Å². The lowest BCUT2D eigenvalue weighted by Gasteiger charge is -2.36. The van der Waals surface area contributed by atoms with Gasteiger partial charge in [-0.05, 0) is 77.7 Å². The predicted octanol–water partition coefficient (Wildman–Crippen LogP) is 3.96. The predicted molar refractivity (Wildman–Crippen MR) is 120 cm³/mol. The zero-order chi connectivity index (χ0) is 22.9. The molecule has 2 unspecified atom stereocenters. The van der Waals surface area contributed by atoms with Crippen LogP contribution in [0.25, 0.3) is 11.4 Å². The van der Waals surface area contributed by atoms with Gasteiger partial charge in [0.15, 0.2) is 11.9 Å². The highest BCUT2D eigenvalue weighted by Crippen LogP contribution is 2.54. The van der Waals surface area contributed by atoms with Gasteiger partial charge in [0.1, 0.15) is 17.7 Å². The Bertz CT molecular complexity index is 1260. The van der Waals surface area contributed by atoms with E-state index < -0.39 is 12.0 Å². The van der Waals surface area contributed by atoms with Crippen LogP contribution in [0.15, 0.2) is 28.9 Å². The molecule has 1 saturated carbocycles. The number of aliphatic hydroxyl groups is 1. The number of aliphatic hydroxyl groups excluding tert-OH is 1. The molecule has 1 amide bonds. The third-order valence-electron chi connectivity index (χ3n) is 7.10. The van der Waals surface area contributed by atoms with Crippen molar-refractivity contribution in [3.05, 3.63) is 57.3 Å². The summed E-state index contributed by atoms with van der Waals surface area (Å²) < 4.78 is 24.2. The normalized spacial score (nSPS) is 24.4. The Hall–Kier alpha value is -2.56. The minimum atomic E-state index is -1.17. The van der Waals surface area contributed by atoms with Crippen LogP contribution in [0.2, 0.25) is 0 Å². The molecule has 0 radical (unpaired) electrons. The van der Waals surface area contributed by atoms with Gasteiger partial charge in [-0.2, -0.15) is 5.10 Å². The smallest absolute Gasteiger partial charge is 0.269 e. The third-order valence-corrected chi connectivity index (χ3v) is 7.71. The molecular weight excluding hydrogens is 493 g/mol. The van der Waals surface area contributed by atoms with E-state index >= 15 is 0 Å². The van der Waals surface area contributed by atoms with E-state index in [-0.39, 0.29) is 29.7 Å². The molecule has 10 heteroatoms. The summed E-state index contributed by atoms with van der Waals surface area (Å²) in [7, 11) is 0. The molecule has 1 saturated heterocycles. The number of rotatable bonds is 4. The molecule has 8 nitrogen and oxygen atoms in total. The van der Waals surface area contributed by atoms with Crippen molar-refractivity contribution in [2.45, 2.75) is 56.4 Å². The summed E-state index contributed by atoms with van der Waals surface area (Å²) in [6.07, 6.45) is 4.54. The number of benzene rings is 1. The molecule has 33 heavy (non-hydrogen) atoms. The van der Waals surface area contributed by atoms with Crippen LogP contribution in [0.1, 0.15) is 83.8 Å². The van der Waals surface area contributed by atoms with E-state index in [2.05, 4.69) is 26.0 Å². The lowest BCUT2D eigenvalue weighted by Crippen LogP contribution is -2.28. The second-order valence-corrected chi connectivity index (χ2v) is 9.86. The average molecular weight is 516 g/mol. The first-order valence-electron chi connectivity index (χ1n) is 11.2. The van der Waals surface area contributed by atoms with E-state index in [0.717, 1.165) is 43.2 Å². The summed E-state index contributed by atoms with van der Waals surface area (Å²) in [6.45, 7) is 0.639. The fourth-order valence-corrected chi connectivity index (χ4v) is 5.78. The Morgan fingerprint density at radius 3 is 2.88 bits per heavy atom. The minimum Gasteiger partial charge on any atom is -0.380 e. The Labute approximate surface area is 197 Å². The number of amides is 1. The van der Waals surface area contributed by atoms with E-state index in [1.165, 1.54) is 0 Å². The molecule has 3 aliphatic heterocycles. The van der Waals surface area contributed by atoms with Gasteiger partial charge in [-0.15, -0.1) is 0 Å². The first-order valence-corrected chi connectivity index (χ1v) is 12.0. The van der Waals surface area contributed by atoms with Crippen molar-refractivity contribution in [1.29, 1.82) is 0 Å². The molecule has 2 atom stereocenters. The minimum absolute atomic E-state index is 0.0200. The summed E-state index contributed by atoms with van der Waals surface area (Å²) in [5.74, 6) is -0.316. The van der Waals surface area contributed by atoms with Gasteiger partial charge in [-0.1, -0.05) is 0 Å². The zero-order valence-electron chi connectivity index (χ0n) is 17.7. The summed E-state index contributed by atoms with van der Waals surface area (Å²) in [5.41, 5.74) is 8.24. The molecule has 3 N–H and O–H groups in total. The first kappa shape index (κ1) is 21.0. The van der Waals surface area contributed by atoms with Crippen molar-refractivity contribution in [2.24, 2.45) is 5.73 Å². The van der Waals surface area contributed by atoms with Crippen molar-refractivity contribution in [3.8, 4) is 11.4 Å². The van der Waals surface area contributed by atoms with Crippen molar-refractivity contribution in [3.63, 3.8) is 0 Å². The number of nitrogens with two attached hydrogens (primary N) is 1. The largest absolute Gasteiger partial charge is 0.380 e. The number of carbonyl (C=O) groups is 1. The van der Waals surface area contributed by atoms with Gasteiger partial charge in [0.25, 0.3) is 5.91 Å². The van der Waals surface area contributed by atoms with Gasteiger partial charge in [-0.25, -0.2) is 14.1 Å². The molecule has 4 aliphatic rings.